The van der Waals surface area contributed by atoms with Crippen molar-refractivity contribution >= 4 is 34.8 Å². The topological polar surface area (TPSA) is 68.8 Å². The zero-order valence-corrected chi connectivity index (χ0v) is 19.7. The second kappa shape index (κ2) is 9.19. The number of thiocarbonyl (C=S) groups is 1. The van der Waals surface area contributed by atoms with Crippen molar-refractivity contribution in [3.05, 3.63) is 58.8 Å². The third kappa shape index (κ3) is 4.87. The van der Waals surface area contributed by atoms with Crippen LogP contribution in [0.2, 0.25) is 0 Å². The van der Waals surface area contributed by atoms with Crippen LogP contribution in [0.1, 0.15) is 35.1 Å². The summed E-state index contributed by atoms with van der Waals surface area (Å²) < 4.78 is 38.3. The molecule has 2 aromatic rings. The molecule has 0 spiro atoms. The van der Waals surface area contributed by atoms with Gasteiger partial charge in [-0.25, -0.2) is 4.98 Å². The lowest BCUT2D eigenvalue weighted by Gasteiger charge is -2.35. The normalized spacial score (nSPS) is 21.3. The van der Waals surface area contributed by atoms with Gasteiger partial charge in [0.1, 0.15) is 16.8 Å². The maximum Gasteiger partial charge on any atom is 0.417 e. The number of aromatic nitrogens is 1. The number of piperidine rings is 1. The summed E-state index contributed by atoms with van der Waals surface area (Å²) in [5, 5.41) is 2.40. The molecule has 2 amide bonds. The summed E-state index contributed by atoms with van der Waals surface area (Å²) >= 11 is 5.63. The van der Waals surface area contributed by atoms with E-state index in [1.54, 1.807) is 0 Å². The summed E-state index contributed by atoms with van der Waals surface area (Å²) in [5.41, 5.74) is 2.42. The van der Waals surface area contributed by atoms with Gasteiger partial charge in [0.05, 0.1) is 5.56 Å². The number of nitrogens with zero attached hydrogens (tertiary/aromatic N) is 4. The van der Waals surface area contributed by atoms with E-state index in [2.05, 4.69) is 21.3 Å². The molecule has 3 aliphatic rings. The monoisotopic (exact) mass is 503 g/mol. The van der Waals surface area contributed by atoms with Crippen molar-refractivity contribution in [1.82, 2.24) is 20.1 Å². The number of carbonyl (C=O) groups excluding carboxylic acids is 2. The van der Waals surface area contributed by atoms with E-state index in [9.17, 15) is 22.8 Å². The fraction of sp³-hybridized carbons (Fsp3) is 0.417. The summed E-state index contributed by atoms with van der Waals surface area (Å²) in [6.45, 7) is 4.17. The molecule has 0 radical (unpaired) electrons. The van der Waals surface area contributed by atoms with E-state index in [1.165, 1.54) is 6.07 Å². The Bertz CT molecular complexity index is 1160. The van der Waals surface area contributed by atoms with Gasteiger partial charge in [-0.3, -0.25) is 19.8 Å². The van der Waals surface area contributed by atoms with Crippen molar-refractivity contribution in [3.8, 4) is 0 Å². The van der Waals surface area contributed by atoms with Crippen molar-refractivity contribution in [2.24, 2.45) is 0 Å². The highest BCUT2D eigenvalue weighted by Gasteiger charge is 2.37. The third-order valence-electron chi connectivity index (χ3n) is 6.77. The molecule has 3 aliphatic heterocycles. The SMILES string of the molecule is O=C1CCC(N2Cc3cc(CN4CCN(c5ccc(C(F)(F)F)cn5)CC4)ccc3C2=S)C(=O)N1. The van der Waals surface area contributed by atoms with E-state index in [-0.39, 0.29) is 11.8 Å². The number of fused-ring (bicyclic) bond motifs is 1. The molecular weight excluding hydrogens is 479 g/mol. The lowest BCUT2D eigenvalue weighted by molar-refractivity contribution is -0.138. The molecule has 35 heavy (non-hydrogen) atoms. The van der Waals surface area contributed by atoms with Crippen LogP contribution in [0.5, 0.6) is 0 Å². The van der Waals surface area contributed by atoms with Crippen molar-refractivity contribution in [2.75, 3.05) is 31.1 Å². The molecule has 1 N–H and O–H groups in total. The fourth-order valence-corrected chi connectivity index (χ4v) is 5.25. The van der Waals surface area contributed by atoms with Gasteiger partial charge in [-0.1, -0.05) is 30.4 Å². The number of rotatable bonds is 4. The van der Waals surface area contributed by atoms with Gasteiger partial charge in [0.15, 0.2) is 0 Å². The first kappa shape index (κ1) is 23.7. The van der Waals surface area contributed by atoms with Crippen molar-refractivity contribution in [1.29, 1.82) is 0 Å². The average Bonchev–Trinajstić information content (AvgIpc) is 3.14. The number of carbonyl (C=O) groups is 2. The minimum absolute atomic E-state index is 0.245. The summed E-state index contributed by atoms with van der Waals surface area (Å²) in [4.78, 5) is 34.6. The standard InChI is InChI=1S/C24H24F3N5O2S/c25-24(26,27)17-2-5-20(28-12-17)31-9-7-30(8-10-31)13-15-1-3-18-16(11-15)14-32(23(18)35)19-4-6-21(33)29-22(19)34/h1-3,5,11-12,19H,4,6-10,13-14H2,(H,29,33,34). The van der Waals surface area contributed by atoms with Gasteiger partial charge in [-0.05, 0) is 29.7 Å². The van der Waals surface area contributed by atoms with Gasteiger partial charge >= 0.3 is 6.18 Å². The van der Waals surface area contributed by atoms with Crippen LogP contribution in [-0.2, 0) is 28.9 Å². The Morgan fingerprint density at radius 1 is 1.09 bits per heavy atom. The number of hydrogen-bond acceptors (Lipinski definition) is 6. The Labute approximate surface area is 205 Å². The van der Waals surface area contributed by atoms with Gasteiger partial charge in [0.25, 0.3) is 0 Å². The van der Waals surface area contributed by atoms with E-state index in [0.717, 1.165) is 48.6 Å². The highest BCUT2D eigenvalue weighted by atomic mass is 32.1. The van der Waals surface area contributed by atoms with Crippen LogP contribution < -0.4 is 10.2 Å². The van der Waals surface area contributed by atoms with E-state index in [1.807, 2.05) is 21.9 Å². The van der Waals surface area contributed by atoms with Gasteiger partial charge in [-0.15, -0.1) is 0 Å². The second-order valence-corrected chi connectivity index (χ2v) is 9.44. The highest BCUT2D eigenvalue weighted by Crippen LogP contribution is 2.31. The minimum Gasteiger partial charge on any atom is -0.354 e. The van der Waals surface area contributed by atoms with Crippen LogP contribution in [0.15, 0.2) is 36.5 Å². The number of pyridine rings is 1. The van der Waals surface area contributed by atoms with E-state index in [0.29, 0.717) is 43.3 Å². The lowest BCUT2D eigenvalue weighted by atomic mass is 10.0. The first-order chi connectivity index (χ1) is 16.7. The molecular formula is C24H24F3N5O2S. The average molecular weight is 504 g/mol. The number of nitrogens with one attached hydrogen (secondary N) is 1. The summed E-state index contributed by atoms with van der Waals surface area (Å²) in [5.74, 6) is 0.0136. The molecule has 4 heterocycles. The van der Waals surface area contributed by atoms with Gasteiger partial charge in [-0.2, -0.15) is 13.2 Å². The molecule has 11 heteroatoms. The molecule has 184 valence electrons. The summed E-state index contributed by atoms with van der Waals surface area (Å²) in [6, 6.07) is 8.24. The van der Waals surface area contributed by atoms with Crippen molar-refractivity contribution < 1.29 is 22.8 Å². The van der Waals surface area contributed by atoms with Crippen molar-refractivity contribution in [2.45, 2.75) is 38.1 Å². The van der Waals surface area contributed by atoms with Gasteiger partial charge < -0.3 is 9.80 Å². The number of piperazine rings is 1. The van der Waals surface area contributed by atoms with Crippen LogP contribution in [0.3, 0.4) is 0 Å². The van der Waals surface area contributed by atoms with Crippen LogP contribution in [0.25, 0.3) is 0 Å². The summed E-state index contributed by atoms with van der Waals surface area (Å²) in [7, 11) is 0. The van der Waals surface area contributed by atoms with E-state index >= 15 is 0 Å². The number of alkyl halides is 3. The third-order valence-corrected chi connectivity index (χ3v) is 7.22. The number of amides is 2. The molecule has 5 rings (SSSR count). The Hall–Kier alpha value is -3.05. The predicted octanol–water partition coefficient (Wildman–Crippen LogP) is 2.72. The number of anilines is 1. The maximum atomic E-state index is 12.8. The molecule has 0 aliphatic carbocycles. The van der Waals surface area contributed by atoms with Crippen LogP contribution in [0.4, 0.5) is 19.0 Å². The smallest absolute Gasteiger partial charge is 0.354 e. The molecule has 2 fully saturated rings. The first-order valence-electron chi connectivity index (χ1n) is 11.5. The molecule has 0 bridgehead atoms. The van der Waals surface area contributed by atoms with Gasteiger partial charge in [0, 0.05) is 57.4 Å². The number of imide groups is 1. The molecule has 1 unspecified atom stereocenters. The maximum absolute atomic E-state index is 12.8. The van der Waals surface area contributed by atoms with Crippen molar-refractivity contribution in [3.63, 3.8) is 0 Å². The molecule has 1 atom stereocenters. The number of halogens is 3. The Kier molecular flexibility index (Phi) is 6.22. The Balaban J connectivity index is 1.18. The molecule has 0 saturated carbocycles. The van der Waals surface area contributed by atoms with Crippen LogP contribution in [-0.4, -0.2) is 63.8 Å². The first-order valence-corrected chi connectivity index (χ1v) is 11.9. The van der Waals surface area contributed by atoms with E-state index in [4.69, 9.17) is 12.2 Å². The zero-order valence-electron chi connectivity index (χ0n) is 18.8. The predicted molar refractivity (Wildman–Crippen MR) is 127 cm³/mol. The summed E-state index contributed by atoms with van der Waals surface area (Å²) in [6.07, 6.45) is -2.73. The largest absolute Gasteiger partial charge is 0.417 e. The Morgan fingerprint density at radius 3 is 2.51 bits per heavy atom. The van der Waals surface area contributed by atoms with Gasteiger partial charge in [0.2, 0.25) is 11.8 Å². The van der Waals surface area contributed by atoms with Crippen LogP contribution in [0, 0.1) is 0 Å². The lowest BCUT2D eigenvalue weighted by Crippen LogP contribution is -2.52. The molecule has 2 saturated heterocycles. The highest BCUT2D eigenvalue weighted by molar-refractivity contribution is 7.80. The zero-order chi connectivity index (χ0) is 24.7. The molecule has 7 nitrogen and oxygen atoms in total. The van der Waals surface area contributed by atoms with Crippen LogP contribution >= 0.6 is 12.2 Å². The van der Waals surface area contributed by atoms with E-state index < -0.39 is 17.8 Å². The Morgan fingerprint density at radius 2 is 1.86 bits per heavy atom. The molecule has 1 aromatic carbocycles. The number of hydrogen-bond donors (Lipinski definition) is 1. The second-order valence-electron chi connectivity index (χ2n) is 9.06. The number of benzene rings is 1. The quantitative estimate of drug-likeness (QED) is 0.508. The molecule has 1 aromatic heterocycles. The fourth-order valence-electron chi connectivity index (χ4n) is 4.86. The minimum atomic E-state index is -4.39.